The largest absolute Gasteiger partial charge is 0.321 e. The molecule has 0 bridgehead atoms. The molecule has 0 aliphatic rings. The van der Waals surface area contributed by atoms with Gasteiger partial charge in [-0.05, 0) is 61.4 Å². The lowest BCUT2D eigenvalue weighted by Crippen LogP contribution is -2.17. The van der Waals surface area contributed by atoms with Gasteiger partial charge in [-0.2, -0.15) is 0 Å². The van der Waals surface area contributed by atoms with Gasteiger partial charge in [0.1, 0.15) is 17.2 Å². The molecule has 1 amide bonds. The van der Waals surface area contributed by atoms with E-state index >= 15 is 0 Å². The Morgan fingerprint density at radius 2 is 1.84 bits per heavy atom. The van der Waals surface area contributed by atoms with Gasteiger partial charge in [0.05, 0.1) is 10.6 Å². The summed E-state index contributed by atoms with van der Waals surface area (Å²) in [5, 5.41) is 2.83. The number of sulfonamides is 1. The Morgan fingerprint density at radius 3 is 2.52 bits per heavy atom. The third-order valence-corrected chi connectivity index (χ3v) is 6.16. The van der Waals surface area contributed by atoms with Crippen molar-refractivity contribution in [1.29, 1.82) is 0 Å². The highest BCUT2D eigenvalue weighted by atomic mass is 32.2. The molecule has 0 aliphatic carbocycles. The first-order valence-electron chi connectivity index (χ1n) is 9.71. The molecule has 2 N–H and O–H groups in total. The third-order valence-electron chi connectivity index (χ3n) is 4.79. The standard InChI is InChI=1S/C22H21N5O3S/c1-3-18-20(27-14-6-7-15(2)21(27)25-18)22(28)24-16-9-11-17(12-10-16)31(29,30)26-19-8-4-5-13-23-19/h4-14H,3H2,1-2H3,(H,23,26)(H,24,28). The van der Waals surface area contributed by atoms with Crippen molar-refractivity contribution >= 4 is 33.1 Å². The molecule has 0 fully saturated rings. The molecule has 3 heterocycles. The van der Waals surface area contributed by atoms with Crippen LogP contribution in [0.4, 0.5) is 11.5 Å². The van der Waals surface area contributed by atoms with Gasteiger partial charge in [0.2, 0.25) is 0 Å². The molecule has 4 aromatic rings. The summed E-state index contributed by atoms with van der Waals surface area (Å²) in [6.07, 6.45) is 3.92. The van der Waals surface area contributed by atoms with Crippen LogP contribution < -0.4 is 10.0 Å². The van der Waals surface area contributed by atoms with Crippen LogP contribution in [0.1, 0.15) is 28.7 Å². The predicted molar refractivity (Wildman–Crippen MR) is 119 cm³/mol. The fourth-order valence-corrected chi connectivity index (χ4v) is 4.27. The highest BCUT2D eigenvalue weighted by Gasteiger charge is 2.20. The molecule has 0 saturated carbocycles. The number of amides is 1. The van der Waals surface area contributed by atoms with Crippen LogP contribution >= 0.6 is 0 Å². The smallest absolute Gasteiger partial charge is 0.274 e. The molecule has 9 heteroatoms. The molecule has 3 aromatic heterocycles. The van der Waals surface area contributed by atoms with E-state index in [2.05, 4.69) is 20.0 Å². The van der Waals surface area contributed by atoms with Crippen molar-refractivity contribution < 1.29 is 13.2 Å². The summed E-state index contributed by atoms with van der Waals surface area (Å²) in [4.78, 5) is 21.6. The Labute approximate surface area is 180 Å². The van der Waals surface area contributed by atoms with Gasteiger partial charge < -0.3 is 5.32 Å². The number of aromatic nitrogens is 3. The van der Waals surface area contributed by atoms with Crippen LogP contribution in [0.15, 0.2) is 71.9 Å². The summed E-state index contributed by atoms with van der Waals surface area (Å²) in [7, 11) is -3.79. The number of aryl methyl sites for hydroxylation is 2. The van der Waals surface area contributed by atoms with E-state index in [0.29, 0.717) is 23.5 Å². The van der Waals surface area contributed by atoms with Gasteiger partial charge in [0.25, 0.3) is 15.9 Å². The second kappa shape index (κ2) is 8.19. The summed E-state index contributed by atoms with van der Waals surface area (Å²) in [5.74, 6) is -0.0768. The van der Waals surface area contributed by atoms with Gasteiger partial charge >= 0.3 is 0 Å². The molecule has 0 radical (unpaired) electrons. The quantitative estimate of drug-likeness (QED) is 0.481. The van der Waals surface area contributed by atoms with Crippen LogP contribution in [0.3, 0.4) is 0 Å². The van der Waals surface area contributed by atoms with E-state index in [-0.39, 0.29) is 16.6 Å². The number of rotatable bonds is 6. The first kappa shape index (κ1) is 20.5. The van der Waals surface area contributed by atoms with E-state index in [1.165, 1.54) is 18.3 Å². The fourth-order valence-electron chi connectivity index (χ4n) is 3.27. The van der Waals surface area contributed by atoms with E-state index in [1.807, 2.05) is 32.2 Å². The normalized spacial score (nSPS) is 11.4. The molecule has 0 atom stereocenters. The Morgan fingerprint density at radius 1 is 1.06 bits per heavy atom. The molecular formula is C22H21N5O3S. The first-order valence-corrected chi connectivity index (χ1v) is 11.2. The molecule has 8 nitrogen and oxygen atoms in total. The monoisotopic (exact) mass is 435 g/mol. The number of pyridine rings is 2. The summed E-state index contributed by atoms with van der Waals surface area (Å²) in [5.41, 5.74) is 3.37. The third kappa shape index (κ3) is 4.13. The van der Waals surface area contributed by atoms with Crippen molar-refractivity contribution in [3.63, 3.8) is 0 Å². The lowest BCUT2D eigenvalue weighted by molar-refractivity contribution is 0.102. The SMILES string of the molecule is CCc1nc2c(C)cccn2c1C(=O)Nc1ccc(S(=O)(=O)Nc2ccccn2)cc1. The minimum Gasteiger partial charge on any atom is -0.321 e. The van der Waals surface area contributed by atoms with E-state index < -0.39 is 10.0 Å². The Bertz CT molecular complexity index is 1350. The number of fused-ring (bicyclic) bond motifs is 1. The highest BCUT2D eigenvalue weighted by Crippen LogP contribution is 2.20. The highest BCUT2D eigenvalue weighted by molar-refractivity contribution is 7.92. The number of nitrogens with zero attached hydrogens (tertiary/aromatic N) is 3. The number of nitrogens with one attached hydrogen (secondary N) is 2. The minimum atomic E-state index is -3.79. The zero-order valence-corrected chi connectivity index (χ0v) is 17.8. The summed E-state index contributed by atoms with van der Waals surface area (Å²) in [6.45, 7) is 3.89. The molecule has 0 spiro atoms. The van der Waals surface area contributed by atoms with Gasteiger partial charge in [0, 0.05) is 18.1 Å². The molecule has 31 heavy (non-hydrogen) atoms. The van der Waals surface area contributed by atoms with Crippen molar-refractivity contribution in [1.82, 2.24) is 14.4 Å². The summed E-state index contributed by atoms with van der Waals surface area (Å²) in [6, 6.07) is 14.7. The molecule has 0 saturated heterocycles. The van der Waals surface area contributed by atoms with Crippen molar-refractivity contribution in [2.24, 2.45) is 0 Å². The number of benzene rings is 1. The van der Waals surface area contributed by atoms with Crippen LogP contribution in [-0.2, 0) is 16.4 Å². The van der Waals surface area contributed by atoms with Gasteiger partial charge in [-0.1, -0.05) is 19.1 Å². The predicted octanol–water partition coefficient (Wildman–Crippen LogP) is 3.65. The lowest BCUT2D eigenvalue weighted by Gasteiger charge is -2.09. The minimum absolute atomic E-state index is 0.0656. The molecular weight excluding hydrogens is 414 g/mol. The van der Waals surface area contributed by atoms with E-state index in [4.69, 9.17) is 0 Å². The van der Waals surface area contributed by atoms with E-state index in [9.17, 15) is 13.2 Å². The number of imidazole rings is 1. The first-order chi connectivity index (χ1) is 14.9. The second-order valence-electron chi connectivity index (χ2n) is 6.94. The van der Waals surface area contributed by atoms with Crippen LogP contribution in [0, 0.1) is 6.92 Å². The zero-order chi connectivity index (χ0) is 22.0. The van der Waals surface area contributed by atoms with Crippen LogP contribution in [-0.4, -0.2) is 28.7 Å². The Kier molecular flexibility index (Phi) is 5.43. The maximum atomic E-state index is 13.0. The number of hydrogen-bond donors (Lipinski definition) is 2. The van der Waals surface area contributed by atoms with Crippen LogP contribution in [0.25, 0.3) is 5.65 Å². The maximum Gasteiger partial charge on any atom is 0.274 e. The molecule has 4 rings (SSSR count). The van der Waals surface area contributed by atoms with Crippen molar-refractivity contribution in [3.8, 4) is 0 Å². The number of carbonyl (C=O) groups is 1. The Balaban J connectivity index is 1.57. The average Bonchev–Trinajstić information content (AvgIpc) is 3.15. The number of hydrogen-bond acceptors (Lipinski definition) is 5. The maximum absolute atomic E-state index is 13.0. The number of anilines is 2. The molecule has 158 valence electrons. The molecule has 1 aromatic carbocycles. The zero-order valence-electron chi connectivity index (χ0n) is 17.0. The van der Waals surface area contributed by atoms with E-state index in [0.717, 1.165) is 11.2 Å². The van der Waals surface area contributed by atoms with E-state index in [1.54, 1.807) is 34.7 Å². The Hall–Kier alpha value is -3.72. The average molecular weight is 436 g/mol. The second-order valence-corrected chi connectivity index (χ2v) is 8.63. The van der Waals surface area contributed by atoms with Gasteiger partial charge in [-0.25, -0.2) is 18.4 Å². The number of carbonyl (C=O) groups excluding carboxylic acids is 1. The lowest BCUT2D eigenvalue weighted by atomic mass is 10.2. The van der Waals surface area contributed by atoms with Crippen molar-refractivity contribution in [2.45, 2.75) is 25.2 Å². The van der Waals surface area contributed by atoms with Crippen molar-refractivity contribution in [2.75, 3.05) is 10.0 Å². The summed E-state index contributed by atoms with van der Waals surface area (Å²) >= 11 is 0. The molecule has 0 unspecified atom stereocenters. The van der Waals surface area contributed by atoms with Gasteiger partial charge in [0.15, 0.2) is 0 Å². The fraction of sp³-hybridized carbons (Fsp3) is 0.136. The molecule has 0 aliphatic heterocycles. The van der Waals surface area contributed by atoms with Gasteiger partial charge in [-0.15, -0.1) is 0 Å². The van der Waals surface area contributed by atoms with Crippen LogP contribution in [0.5, 0.6) is 0 Å². The van der Waals surface area contributed by atoms with Crippen LogP contribution in [0.2, 0.25) is 0 Å². The van der Waals surface area contributed by atoms with Gasteiger partial charge in [-0.3, -0.25) is 13.9 Å². The summed E-state index contributed by atoms with van der Waals surface area (Å²) < 4.78 is 29.3. The van der Waals surface area contributed by atoms with Crippen molar-refractivity contribution in [3.05, 3.63) is 83.9 Å². The topological polar surface area (TPSA) is 105 Å².